The van der Waals surface area contributed by atoms with Gasteiger partial charge >= 0.3 is 5.97 Å². The van der Waals surface area contributed by atoms with Crippen LogP contribution in [0.3, 0.4) is 0 Å². The molecule has 0 amide bonds. The van der Waals surface area contributed by atoms with Crippen LogP contribution in [0.2, 0.25) is 0 Å². The predicted octanol–water partition coefficient (Wildman–Crippen LogP) is 0.193. The van der Waals surface area contributed by atoms with Gasteiger partial charge in [0.1, 0.15) is 0 Å². The highest BCUT2D eigenvalue weighted by Gasteiger charge is 2.08. The van der Waals surface area contributed by atoms with Crippen LogP contribution in [0.15, 0.2) is 18.5 Å². The molecule has 5 nitrogen and oxygen atoms in total. The van der Waals surface area contributed by atoms with Crippen molar-refractivity contribution in [1.82, 2.24) is 15.1 Å². The fourth-order valence-corrected chi connectivity index (χ4v) is 1.03. The van der Waals surface area contributed by atoms with Crippen LogP contribution in [0.25, 0.3) is 0 Å². The van der Waals surface area contributed by atoms with Crippen molar-refractivity contribution in [2.24, 2.45) is 5.92 Å². The van der Waals surface area contributed by atoms with E-state index in [0.29, 0.717) is 6.54 Å². The molecule has 0 aliphatic heterocycles. The second-order valence-electron chi connectivity index (χ2n) is 3.21. The van der Waals surface area contributed by atoms with E-state index in [1.54, 1.807) is 17.8 Å². The highest BCUT2D eigenvalue weighted by molar-refractivity contribution is 5.69. The van der Waals surface area contributed by atoms with Crippen LogP contribution in [0.1, 0.15) is 6.92 Å². The minimum absolute atomic E-state index is 0.340. The molecule has 78 valence electrons. The molecule has 0 saturated carbocycles. The van der Waals surface area contributed by atoms with Gasteiger partial charge in [-0.05, 0) is 6.07 Å². The number of carboxylic acids is 1. The van der Waals surface area contributed by atoms with Crippen LogP contribution in [0.4, 0.5) is 0 Å². The Morgan fingerprint density at radius 1 is 1.71 bits per heavy atom. The summed E-state index contributed by atoms with van der Waals surface area (Å²) in [5.74, 6) is -1.11. The van der Waals surface area contributed by atoms with Crippen molar-refractivity contribution in [1.29, 1.82) is 0 Å². The molecule has 2 N–H and O–H groups in total. The molecule has 1 rings (SSSR count). The molecule has 1 atom stereocenters. The van der Waals surface area contributed by atoms with Crippen LogP contribution in [0.5, 0.6) is 0 Å². The van der Waals surface area contributed by atoms with E-state index >= 15 is 0 Å². The molecular weight excluding hydrogens is 182 g/mol. The Morgan fingerprint density at radius 3 is 3.07 bits per heavy atom. The van der Waals surface area contributed by atoms with Crippen molar-refractivity contribution in [3.8, 4) is 0 Å². The van der Waals surface area contributed by atoms with Gasteiger partial charge in [-0.2, -0.15) is 5.10 Å². The minimum Gasteiger partial charge on any atom is -0.481 e. The molecule has 1 aromatic rings. The van der Waals surface area contributed by atoms with Crippen LogP contribution in [-0.4, -0.2) is 33.9 Å². The Balaban J connectivity index is 2.08. The van der Waals surface area contributed by atoms with E-state index < -0.39 is 5.97 Å². The molecule has 0 aliphatic rings. The van der Waals surface area contributed by atoms with Crippen molar-refractivity contribution in [2.45, 2.75) is 13.5 Å². The summed E-state index contributed by atoms with van der Waals surface area (Å²) in [5, 5.41) is 15.7. The lowest BCUT2D eigenvalue weighted by Gasteiger charge is -2.07. The summed E-state index contributed by atoms with van der Waals surface area (Å²) in [7, 11) is 0. The molecule has 1 aromatic heterocycles. The van der Waals surface area contributed by atoms with Crippen molar-refractivity contribution >= 4 is 5.97 Å². The lowest BCUT2D eigenvalue weighted by molar-refractivity contribution is -0.140. The highest BCUT2D eigenvalue weighted by Crippen LogP contribution is 1.91. The third-order valence-corrected chi connectivity index (χ3v) is 1.95. The summed E-state index contributed by atoms with van der Waals surface area (Å²) in [6, 6.07) is 1.86. The SMILES string of the molecule is CC(CNCCn1cccn1)C(=O)O. The highest BCUT2D eigenvalue weighted by atomic mass is 16.4. The molecule has 0 radical (unpaired) electrons. The molecule has 0 aliphatic carbocycles. The quantitative estimate of drug-likeness (QED) is 0.639. The zero-order chi connectivity index (χ0) is 10.4. The molecule has 0 saturated heterocycles. The van der Waals surface area contributed by atoms with Gasteiger partial charge in [0.15, 0.2) is 0 Å². The van der Waals surface area contributed by atoms with Gasteiger partial charge < -0.3 is 10.4 Å². The van der Waals surface area contributed by atoms with Gasteiger partial charge in [-0.1, -0.05) is 6.92 Å². The molecule has 0 fully saturated rings. The first-order valence-electron chi connectivity index (χ1n) is 4.61. The number of aromatic nitrogens is 2. The maximum absolute atomic E-state index is 10.5. The summed E-state index contributed by atoms with van der Waals surface area (Å²) in [6.45, 7) is 3.68. The van der Waals surface area contributed by atoms with Gasteiger partial charge in [0.2, 0.25) is 0 Å². The van der Waals surface area contributed by atoms with Crippen molar-refractivity contribution in [3.63, 3.8) is 0 Å². The lowest BCUT2D eigenvalue weighted by Crippen LogP contribution is -2.28. The first-order valence-corrected chi connectivity index (χ1v) is 4.61. The van der Waals surface area contributed by atoms with Crippen LogP contribution >= 0.6 is 0 Å². The van der Waals surface area contributed by atoms with Gasteiger partial charge in [-0.3, -0.25) is 9.48 Å². The van der Waals surface area contributed by atoms with Crippen LogP contribution < -0.4 is 5.32 Å². The number of nitrogens with zero attached hydrogens (tertiary/aromatic N) is 2. The standard InChI is InChI=1S/C9H15N3O2/c1-8(9(13)14)7-10-4-6-12-5-2-3-11-12/h2-3,5,8,10H,4,6-7H2,1H3,(H,13,14). The summed E-state index contributed by atoms with van der Waals surface area (Å²) in [4.78, 5) is 10.5. The average Bonchev–Trinajstić information content (AvgIpc) is 2.64. The number of nitrogens with one attached hydrogen (secondary N) is 1. The normalized spacial score (nSPS) is 12.6. The number of hydrogen-bond acceptors (Lipinski definition) is 3. The fraction of sp³-hybridized carbons (Fsp3) is 0.556. The Kier molecular flexibility index (Phi) is 4.12. The van der Waals surface area contributed by atoms with Crippen LogP contribution in [-0.2, 0) is 11.3 Å². The second kappa shape index (κ2) is 5.39. The smallest absolute Gasteiger partial charge is 0.307 e. The summed E-state index contributed by atoms with van der Waals surface area (Å²) < 4.78 is 1.80. The molecule has 5 heteroatoms. The van der Waals surface area contributed by atoms with Gasteiger partial charge in [0.25, 0.3) is 0 Å². The van der Waals surface area contributed by atoms with Crippen molar-refractivity contribution in [2.75, 3.05) is 13.1 Å². The third kappa shape index (κ3) is 3.57. The first-order chi connectivity index (χ1) is 6.70. The van der Waals surface area contributed by atoms with E-state index in [0.717, 1.165) is 13.1 Å². The van der Waals surface area contributed by atoms with Gasteiger partial charge in [0.05, 0.1) is 12.5 Å². The van der Waals surface area contributed by atoms with E-state index in [9.17, 15) is 4.79 Å². The van der Waals surface area contributed by atoms with E-state index in [2.05, 4.69) is 10.4 Å². The van der Waals surface area contributed by atoms with Crippen molar-refractivity contribution in [3.05, 3.63) is 18.5 Å². The average molecular weight is 197 g/mol. The maximum Gasteiger partial charge on any atom is 0.307 e. The van der Waals surface area contributed by atoms with Gasteiger partial charge in [-0.25, -0.2) is 0 Å². The molecule has 0 bridgehead atoms. The number of carbonyl (C=O) groups is 1. The zero-order valence-corrected chi connectivity index (χ0v) is 8.18. The monoisotopic (exact) mass is 197 g/mol. The van der Waals surface area contributed by atoms with E-state index in [1.165, 1.54) is 0 Å². The predicted molar refractivity (Wildman–Crippen MR) is 51.9 cm³/mol. The largest absolute Gasteiger partial charge is 0.481 e. The molecule has 0 spiro atoms. The number of carboxylic acid groups (broad SMARTS) is 1. The van der Waals surface area contributed by atoms with Crippen LogP contribution in [0, 0.1) is 5.92 Å². The Bertz CT molecular complexity index is 272. The van der Waals surface area contributed by atoms with Crippen molar-refractivity contribution < 1.29 is 9.90 Å². The van der Waals surface area contributed by atoms with E-state index in [1.807, 2.05) is 12.3 Å². The molecule has 14 heavy (non-hydrogen) atoms. The first kappa shape index (κ1) is 10.7. The maximum atomic E-state index is 10.5. The Morgan fingerprint density at radius 2 is 2.50 bits per heavy atom. The third-order valence-electron chi connectivity index (χ3n) is 1.95. The van der Waals surface area contributed by atoms with Gasteiger partial charge in [0, 0.05) is 25.5 Å². The second-order valence-corrected chi connectivity index (χ2v) is 3.21. The molecule has 0 aromatic carbocycles. The summed E-state index contributed by atoms with van der Waals surface area (Å²) in [5.41, 5.74) is 0. The number of hydrogen-bond donors (Lipinski definition) is 2. The Labute approximate surface area is 82.7 Å². The number of rotatable bonds is 6. The molecule has 1 unspecified atom stereocenters. The summed E-state index contributed by atoms with van der Waals surface area (Å²) >= 11 is 0. The topological polar surface area (TPSA) is 67.2 Å². The fourth-order valence-electron chi connectivity index (χ4n) is 1.03. The van der Waals surface area contributed by atoms with E-state index in [-0.39, 0.29) is 5.92 Å². The Hall–Kier alpha value is -1.36. The van der Waals surface area contributed by atoms with Gasteiger partial charge in [-0.15, -0.1) is 0 Å². The van der Waals surface area contributed by atoms with E-state index in [4.69, 9.17) is 5.11 Å². The summed E-state index contributed by atoms with van der Waals surface area (Å²) in [6.07, 6.45) is 3.60. The zero-order valence-electron chi connectivity index (χ0n) is 8.18. The molecule has 1 heterocycles. The minimum atomic E-state index is -0.767. The number of aliphatic carboxylic acids is 1. The molecular formula is C9H15N3O2. The lowest BCUT2D eigenvalue weighted by atomic mass is 10.2.